The summed E-state index contributed by atoms with van der Waals surface area (Å²) in [5.74, 6) is -0.0942. The third-order valence-corrected chi connectivity index (χ3v) is 5.38. The van der Waals surface area contributed by atoms with Crippen molar-refractivity contribution in [1.29, 1.82) is 0 Å². The highest BCUT2D eigenvalue weighted by molar-refractivity contribution is 8.02. The second-order valence-corrected chi connectivity index (χ2v) is 7.91. The van der Waals surface area contributed by atoms with Crippen molar-refractivity contribution in [1.82, 2.24) is 0 Å². The smallest absolute Gasteiger partial charge is 0.394 e. The molecule has 5 N–H and O–H groups in total. The van der Waals surface area contributed by atoms with Crippen LogP contribution in [-0.4, -0.2) is 69.9 Å². The number of rotatable bonds is 8. The molecule has 0 bridgehead atoms. The Morgan fingerprint density at radius 2 is 1.81 bits per heavy atom. The van der Waals surface area contributed by atoms with Crippen molar-refractivity contribution in [2.24, 2.45) is 0 Å². The van der Waals surface area contributed by atoms with Crippen LogP contribution in [0.25, 0.3) is 0 Å². The van der Waals surface area contributed by atoms with E-state index in [1.165, 1.54) is 5.41 Å². The van der Waals surface area contributed by atoms with Crippen molar-refractivity contribution in [3.8, 4) is 0 Å². The molecular formula is C16H22O9S2. The predicted molar refractivity (Wildman–Crippen MR) is 96.8 cm³/mol. The van der Waals surface area contributed by atoms with Crippen molar-refractivity contribution in [3.05, 3.63) is 47.1 Å². The number of benzene rings is 1. The number of thioether (sulfide) groups is 1. The molecule has 0 saturated carbocycles. The third-order valence-electron chi connectivity index (χ3n) is 3.90. The summed E-state index contributed by atoms with van der Waals surface area (Å²) in [4.78, 5) is 0. The Hall–Kier alpha value is -1.18. The van der Waals surface area contributed by atoms with Crippen LogP contribution in [0.15, 0.2) is 41.5 Å². The van der Waals surface area contributed by atoms with Gasteiger partial charge in [-0.25, -0.2) is 0 Å². The lowest BCUT2D eigenvalue weighted by Crippen LogP contribution is -2.57. The average Bonchev–Trinajstić information content (AvgIpc) is 2.63. The summed E-state index contributed by atoms with van der Waals surface area (Å²) in [7, 11) is -4.74. The fraction of sp³-hybridized carbons (Fsp3) is 0.500. The van der Waals surface area contributed by atoms with Crippen LogP contribution in [0.1, 0.15) is 12.0 Å². The predicted octanol–water partition coefficient (Wildman–Crippen LogP) is -0.187. The molecule has 1 saturated heterocycles. The molecule has 1 aliphatic heterocycles. The van der Waals surface area contributed by atoms with Gasteiger partial charge in [0.1, 0.15) is 35.6 Å². The van der Waals surface area contributed by atoms with Crippen molar-refractivity contribution >= 4 is 22.2 Å². The standard InChI is InChI=1S/C16H22O9S2/c17-8-12-13(18)14(19)15(20)16(24-12)26-9-11(25-27(21,22)23)7-6-10-4-2-1-3-5-10/h1-5,9,12-20H,6-8H2,(H,21,22,23)/b11-9+/t12-,13-,14+,15-,16+/m1/s1. The SMILES string of the molecule is O=S(=O)(O)O/C(=C/S[C@@H]1O[C@H](CO)[C@@H](O)[C@H](O)[C@H]1O)CCc1ccccc1. The molecule has 1 fully saturated rings. The minimum absolute atomic E-state index is 0.0942. The van der Waals surface area contributed by atoms with Crippen molar-refractivity contribution in [3.63, 3.8) is 0 Å². The van der Waals surface area contributed by atoms with Crippen molar-refractivity contribution in [2.75, 3.05) is 6.61 Å². The molecular weight excluding hydrogens is 400 g/mol. The number of aliphatic hydroxyl groups is 4. The van der Waals surface area contributed by atoms with E-state index >= 15 is 0 Å². The molecule has 0 aromatic heterocycles. The molecule has 11 heteroatoms. The maximum atomic E-state index is 11.1. The highest BCUT2D eigenvalue weighted by atomic mass is 32.3. The molecule has 0 aliphatic carbocycles. The Kier molecular flexibility index (Phi) is 8.06. The van der Waals surface area contributed by atoms with E-state index in [9.17, 15) is 28.8 Å². The number of hydrogen-bond donors (Lipinski definition) is 5. The van der Waals surface area contributed by atoms with Gasteiger partial charge in [-0.15, -0.1) is 0 Å². The number of aliphatic hydroxyl groups excluding tert-OH is 4. The quantitative estimate of drug-likeness (QED) is 0.281. The molecule has 9 nitrogen and oxygen atoms in total. The topological polar surface area (TPSA) is 154 Å². The number of aryl methyl sites for hydroxylation is 1. The molecule has 0 spiro atoms. The van der Waals surface area contributed by atoms with Gasteiger partial charge in [-0.1, -0.05) is 42.1 Å². The zero-order chi connectivity index (χ0) is 20.0. The molecule has 5 atom stereocenters. The molecule has 0 radical (unpaired) electrons. The summed E-state index contributed by atoms with van der Waals surface area (Å²) in [5.41, 5.74) is -0.169. The lowest BCUT2D eigenvalue weighted by atomic mass is 10.0. The molecule has 1 heterocycles. The minimum atomic E-state index is -4.74. The first-order valence-corrected chi connectivity index (χ1v) is 10.4. The maximum absolute atomic E-state index is 11.1. The zero-order valence-electron chi connectivity index (χ0n) is 14.2. The average molecular weight is 422 g/mol. The first kappa shape index (κ1) is 22.1. The van der Waals surface area contributed by atoms with Crippen LogP contribution in [0.3, 0.4) is 0 Å². The van der Waals surface area contributed by atoms with Gasteiger partial charge < -0.3 is 29.3 Å². The molecule has 1 aromatic rings. The van der Waals surface area contributed by atoms with E-state index in [0.29, 0.717) is 6.42 Å². The normalized spacial score (nSPS) is 29.5. The molecule has 27 heavy (non-hydrogen) atoms. The Labute approximate surface area is 161 Å². The van der Waals surface area contributed by atoms with Gasteiger partial charge in [0.15, 0.2) is 0 Å². The molecule has 152 valence electrons. The van der Waals surface area contributed by atoms with Crippen LogP contribution in [0.4, 0.5) is 0 Å². The van der Waals surface area contributed by atoms with Crippen LogP contribution in [0, 0.1) is 0 Å². The molecule has 0 unspecified atom stereocenters. The fourth-order valence-corrected chi connectivity index (χ4v) is 3.93. The van der Waals surface area contributed by atoms with Crippen LogP contribution in [-0.2, 0) is 25.7 Å². The first-order valence-electron chi connectivity index (χ1n) is 8.07. The first-order chi connectivity index (χ1) is 12.7. The number of ether oxygens (including phenoxy) is 1. The van der Waals surface area contributed by atoms with Crippen molar-refractivity contribution < 1.29 is 42.3 Å². The van der Waals surface area contributed by atoms with E-state index in [1.54, 1.807) is 0 Å². The zero-order valence-corrected chi connectivity index (χ0v) is 15.8. The van der Waals surface area contributed by atoms with Gasteiger partial charge in [0.25, 0.3) is 0 Å². The van der Waals surface area contributed by atoms with Gasteiger partial charge in [-0.05, 0) is 12.0 Å². The van der Waals surface area contributed by atoms with Crippen LogP contribution >= 0.6 is 11.8 Å². The highest BCUT2D eigenvalue weighted by Gasteiger charge is 2.43. The van der Waals surface area contributed by atoms with E-state index in [0.717, 1.165) is 17.3 Å². The second kappa shape index (κ2) is 9.85. The van der Waals surface area contributed by atoms with Crippen molar-refractivity contribution in [2.45, 2.75) is 42.7 Å². The van der Waals surface area contributed by atoms with Crippen LogP contribution in [0.2, 0.25) is 0 Å². The molecule has 2 rings (SSSR count). The highest BCUT2D eigenvalue weighted by Crippen LogP contribution is 2.30. The summed E-state index contributed by atoms with van der Waals surface area (Å²) in [6.07, 6.45) is -5.03. The third kappa shape index (κ3) is 6.73. The minimum Gasteiger partial charge on any atom is -0.394 e. The summed E-state index contributed by atoms with van der Waals surface area (Å²) in [6, 6.07) is 9.17. The van der Waals surface area contributed by atoms with E-state index < -0.39 is 46.9 Å². The monoisotopic (exact) mass is 422 g/mol. The van der Waals surface area contributed by atoms with Crippen LogP contribution in [0.5, 0.6) is 0 Å². The van der Waals surface area contributed by atoms with Gasteiger partial charge in [0, 0.05) is 11.8 Å². The van der Waals surface area contributed by atoms with E-state index in [2.05, 4.69) is 4.18 Å². The van der Waals surface area contributed by atoms with Gasteiger partial charge in [-0.2, -0.15) is 8.42 Å². The second-order valence-electron chi connectivity index (χ2n) is 5.91. The Morgan fingerprint density at radius 1 is 1.15 bits per heavy atom. The fourth-order valence-electron chi connectivity index (χ4n) is 2.49. The number of allylic oxidation sites excluding steroid dienone is 1. The summed E-state index contributed by atoms with van der Waals surface area (Å²) in [6.45, 7) is -0.575. The molecule has 0 amide bonds. The lowest BCUT2D eigenvalue weighted by molar-refractivity contribution is -0.205. The van der Waals surface area contributed by atoms with Gasteiger partial charge in [0.2, 0.25) is 0 Å². The Bertz CT molecular complexity index is 721. The van der Waals surface area contributed by atoms with E-state index in [1.807, 2.05) is 30.3 Å². The molecule has 1 aromatic carbocycles. The van der Waals surface area contributed by atoms with Gasteiger partial charge in [-0.3, -0.25) is 4.55 Å². The molecule has 1 aliphatic rings. The van der Waals surface area contributed by atoms with E-state index in [-0.39, 0.29) is 12.2 Å². The summed E-state index contributed by atoms with van der Waals surface area (Å²) >= 11 is 0.797. The summed E-state index contributed by atoms with van der Waals surface area (Å²) < 4.78 is 40.9. The summed E-state index contributed by atoms with van der Waals surface area (Å²) in [5, 5.41) is 40.0. The lowest BCUT2D eigenvalue weighted by Gasteiger charge is -2.39. The number of hydrogen-bond acceptors (Lipinski definition) is 9. The largest absolute Gasteiger partial charge is 0.446 e. The van der Waals surface area contributed by atoms with Crippen LogP contribution < -0.4 is 0 Å². The van der Waals surface area contributed by atoms with Gasteiger partial charge in [0.05, 0.1) is 6.61 Å². The van der Waals surface area contributed by atoms with E-state index in [4.69, 9.17) is 9.29 Å². The Balaban J connectivity index is 2.08. The maximum Gasteiger partial charge on any atom is 0.446 e. The Morgan fingerprint density at radius 3 is 2.41 bits per heavy atom. The van der Waals surface area contributed by atoms with Gasteiger partial charge >= 0.3 is 10.4 Å².